The highest BCUT2D eigenvalue weighted by atomic mass is 15.2. The van der Waals surface area contributed by atoms with Crippen molar-refractivity contribution in [2.24, 2.45) is 7.05 Å². The number of hydrogen-bond acceptors (Lipinski definition) is 2. The summed E-state index contributed by atoms with van der Waals surface area (Å²) in [5.41, 5.74) is 4.95. The average Bonchev–Trinajstić information content (AvgIpc) is 2.75. The minimum atomic E-state index is 1.05. The van der Waals surface area contributed by atoms with Crippen LogP contribution in [-0.4, -0.2) is 16.3 Å². The van der Waals surface area contributed by atoms with Gasteiger partial charge in [-0.2, -0.15) is 5.10 Å². The van der Waals surface area contributed by atoms with Gasteiger partial charge < -0.3 is 5.32 Å². The molecule has 1 aromatic heterocycles. The number of hydrogen-bond donors (Lipinski definition) is 1. The van der Waals surface area contributed by atoms with Crippen molar-refractivity contribution in [1.82, 2.24) is 9.78 Å². The molecule has 3 heteroatoms. The van der Waals surface area contributed by atoms with E-state index in [2.05, 4.69) is 34.7 Å². The van der Waals surface area contributed by atoms with E-state index in [1.165, 1.54) is 29.7 Å². The maximum Gasteiger partial charge on any atom is 0.0943 e. The van der Waals surface area contributed by atoms with E-state index in [9.17, 15) is 0 Å². The molecule has 2 aromatic rings. The number of para-hydroxylation sites is 1. The third kappa shape index (κ3) is 1.48. The second-order valence-electron chi connectivity index (χ2n) is 4.24. The van der Waals surface area contributed by atoms with Gasteiger partial charge in [-0.15, -0.1) is 0 Å². The molecule has 0 aliphatic carbocycles. The largest absolute Gasteiger partial charge is 0.384 e. The van der Waals surface area contributed by atoms with Gasteiger partial charge in [0.1, 0.15) is 0 Å². The Bertz CT molecular complexity index is 514. The van der Waals surface area contributed by atoms with Gasteiger partial charge in [0.05, 0.1) is 5.69 Å². The molecule has 1 aromatic carbocycles. The molecule has 16 heavy (non-hydrogen) atoms. The smallest absolute Gasteiger partial charge is 0.0943 e. The lowest BCUT2D eigenvalue weighted by atomic mass is 9.98. The molecule has 2 heterocycles. The Hall–Kier alpha value is -1.77. The number of fused-ring (bicyclic) bond motifs is 1. The SMILES string of the molecule is Cn1ccc(-c2cccc3c2NCCC3)n1. The summed E-state index contributed by atoms with van der Waals surface area (Å²) in [6, 6.07) is 8.52. The van der Waals surface area contributed by atoms with Crippen LogP contribution in [0.1, 0.15) is 12.0 Å². The van der Waals surface area contributed by atoms with E-state index >= 15 is 0 Å². The molecule has 1 aliphatic rings. The Labute approximate surface area is 95.1 Å². The van der Waals surface area contributed by atoms with Gasteiger partial charge in [0, 0.05) is 31.0 Å². The highest BCUT2D eigenvalue weighted by Crippen LogP contribution is 2.32. The lowest BCUT2D eigenvalue weighted by Gasteiger charge is -2.20. The van der Waals surface area contributed by atoms with Crippen LogP contribution in [0.5, 0.6) is 0 Å². The summed E-state index contributed by atoms with van der Waals surface area (Å²) in [4.78, 5) is 0. The molecular weight excluding hydrogens is 198 g/mol. The number of nitrogens with zero attached hydrogens (tertiary/aromatic N) is 2. The van der Waals surface area contributed by atoms with Crippen LogP contribution in [0, 0.1) is 0 Å². The predicted octanol–water partition coefficient (Wildman–Crippen LogP) is 2.45. The molecule has 3 nitrogen and oxygen atoms in total. The number of anilines is 1. The van der Waals surface area contributed by atoms with Crippen LogP contribution in [0.15, 0.2) is 30.5 Å². The first-order valence-corrected chi connectivity index (χ1v) is 5.70. The summed E-state index contributed by atoms with van der Waals surface area (Å²) in [7, 11) is 1.95. The topological polar surface area (TPSA) is 29.9 Å². The van der Waals surface area contributed by atoms with Crippen molar-refractivity contribution in [3.05, 3.63) is 36.0 Å². The van der Waals surface area contributed by atoms with Gasteiger partial charge in [0.2, 0.25) is 0 Å². The molecule has 0 saturated heterocycles. The predicted molar refractivity (Wildman–Crippen MR) is 65.5 cm³/mol. The Morgan fingerprint density at radius 1 is 1.31 bits per heavy atom. The molecule has 82 valence electrons. The quantitative estimate of drug-likeness (QED) is 0.788. The zero-order valence-electron chi connectivity index (χ0n) is 9.40. The van der Waals surface area contributed by atoms with Crippen LogP contribution in [0.25, 0.3) is 11.3 Å². The van der Waals surface area contributed by atoms with Crippen LogP contribution < -0.4 is 5.32 Å². The molecule has 0 saturated carbocycles. The van der Waals surface area contributed by atoms with E-state index in [0.717, 1.165) is 12.2 Å². The summed E-state index contributed by atoms with van der Waals surface area (Å²) in [5.74, 6) is 0. The van der Waals surface area contributed by atoms with Gasteiger partial charge in [0.25, 0.3) is 0 Å². The Balaban J connectivity index is 2.13. The first-order chi connectivity index (χ1) is 7.84. The van der Waals surface area contributed by atoms with Gasteiger partial charge in [0.15, 0.2) is 0 Å². The second kappa shape index (κ2) is 3.67. The van der Waals surface area contributed by atoms with Crippen molar-refractivity contribution < 1.29 is 0 Å². The molecule has 0 spiro atoms. The molecule has 1 aliphatic heterocycles. The van der Waals surface area contributed by atoms with Gasteiger partial charge in [-0.3, -0.25) is 4.68 Å². The fourth-order valence-corrected chi connectivity index (χ4v) is 2.28. The Kier molecular flexibility index (Phi) is 2.17. The van der Waals surface area contributed by atoms with Crippen LogP contribution in [0.4, 0.5) is 5.69 Å². The van der Waals surface area contributed by atoms with Crippen molar-refractivity contribution in [3.63, 3.8) is 0 Å². The van der Waals surface area contributed by atoms with Crippen LogP contribution in [0.3, 0.4) is 0 Å². The van der Waals surface area contributed by atoms with Crippen molar-refractivity contribution in [1.29, 1.82) is 0 Å². The number of benzene rings is 1. The van der Waals surface area contributed by atoms with E-state index in [4.69, 9.17) is 0 Å². The van der Waals surface area contributed by atoms with Crippen molar-refractivity contribution >= 4 is 5.69 Å². The normalized spacial score (nSPS) is 14.3. The fraction of sp³-hybridized carbons (Fsp3) is 0.308. The lowest BCUT2D eigenvalue weighted by Crippen LogP contribution is -2.12. The zero-order valence-corrected chi connectivity index (χ0v) is 9.40. The standard InChI is InChI=1S/C13H15N3/c1-16-9-7-12(15-16)11-6-2-4-10-5-3-8-14-13(10)11/h2,4,6-7,9,14H,3,5,8H2,1H3. The number of nitrogens with one attached hydrogen (secondary N) is 1. The monoisotopic (exact) mass is 213 g/mol. The van der Waals surface area contributed by atoms with Gasteiger partial charge >= 0.3 is 0 Å². The molecule has 0 fully saturated rings. The Morgan fingerprint density at radius 2 is 2.25 bits per heavy atom. The van der Waals surface area contributed by atoms with E-state index in [1.807, 2.05) is 17.9 Å². The van der Waals surface area contributed by atoms with Crippen molar-refractivity contribution in [2.45, 2.75) is 12.8 Å². The average molecular weight is 213 g/mol. The minimum absolute atomic E-state index is 1.05. The molecule has 0 bridgehead atoms. The number of aromatic nitrogens is 2. The lowest BCUT2D eigenvalue weighted by molar-refractivity contribution is 0.770. The third-order valence-corrected chi connectivity index (χ3v) is 3.06. The molecule has 3 rings (SSSR count). The summed E-state index contributed by atoms with van der Waals surface area (Å²) in [6.45, 7) is 1.07. The highest BCUT2D eigenvalue weighted by Gasteiger charge is 2.14. The van der Waals surface area contributed by atoms with E-state index in [-0.39, 0.29) is 0 Å². The fourth-order valence-electron chi connectivity index (χ4n) is 2.28. The molecule has 0 amide bonds. The number of rotatable bonds is 1. The van der Waals surface area contributed by atoms with Gasteiger partial charge in [-0.05, 0) is 24.5 Å². The minimum Gasteiger partial charge on any atom is -0.384 e. The first kappa shape index (κ1) is 9.46. The maximum absolute atomic E-state index is 4.47. The molecule has 0 radical (unpaired) electrons. The zero-order chi connectivity index (χ0) is 11.0. The van der Waals surface area contributed by atoms with Crippen LogP contribution in [0.2, 0.25) is 0 Å². The Morgan fingerprint density at radius 3 is 3.06 bits per heavy atom. The number of aryl methyl sites for hydroxylation is 2. The second-order valence-corrected chi connectivity index (χ2v) is 4.24. The summed E-state index contributed by atoms with van der Waals surface area (Å²) >= 11 is 0. The van der Waals surface area contributed by atoms with E-state index in [0.29, 0.717) is 0 Å². The molecule has 1 N–H and O–H groups in total. The molecular formula is C13H15N3. The highest BCUT2D eigenvalue weighted by molar-refractivity contribution is 5.78. The first-order valence-electron chi connectivity index (χ1n) is 5.70. The van der Waals surface area contributed by atoms with E-state index < -0.39 is 0 Å². The van der Waals surface area contributed by atoms with Gasteiger partial charge in [-0.1, -0.05) is 18.2 Å². The van der Waals surface area contributed by atoms with Gasteiger partial charge in [-0.25, -0.2) is 0 Å². The summed E-state index contributed by atoms with van der Waals surface area (Å²) < 4.78 is 1.84. The van der Waals surface area contributed by atoms with E-state index in [1.54, 1.807) is 0 Å². The maximum atomic E-state index is 4.47. The van der Waals surface area contributed by atoms with Crippen molar-refractivity contribution in [2.75, 3.05) is 11.9 Å². The molecule has 0 atom stereocenters. The van der Waals surface area contributed by atoms with Crippen molar-refractivity contribution in [3.8, 4) is 11.3 Å². The summed E-state index contributed by atoms with van der Waals surface area (Å²) in [5, 5.41) is 7.96. The van der Waals surface area contributed by atoms with Crippen LogP contribution >= 0.6 is 0 Å². The third-order valence-electron chi connectivity index (χ3n) is 3.06. The van der Waals surface area contributed by atoms with Crippen LogP contribution in [-0.2, 0) is 13.5 Å². The summed E-state index contributed by atoms with van der Waals surface area (Å²) in [6.07, 6.45) is 4.37. The molecule has 0 unspecified atom stereocenters.